The van der Waals surface area contributed by atoms with Gasteiger partial charge in [0.1, 0.15) is 12.4 Å². The van der Waals surface area contributed by atoms with Crippen molar-refractivity contribution in [3.63, 3.8) is 0 Å². The van der Waals surface area contributed by atoms with Crippen LogP contribution in [-0.4, -0.2) is 33.0 Å². The van der Waals surface area contributed by atoms with E-state index in [9.17, 15) is 9.59 Å². The maximum atomic E-state index is 13.0. The maximum absolute atomic E-state index is 13.0. The van der Waals surface area contributed by atoms with E-state index in [4.69, 9.17) is 4.74 Å². The SMILES string of the molecule is O=C(OCCC(=O)n1c2ccccc2c2ccccc21)c1ccc(-c2ncc[nH]2)cc1. The number of carbonyl (C=O) groups excluding carboxylic acids is 2. The second-order valence-electron chi connectivity index (χ2n) is 7.16. The number of nitrogens with one attached hydrogen (secondary N) is 1. The highest BCUT2D eigenvalue weighted by atomic mass is 16.5. The van der Waals surface area contributed by atoms with E-state index in [0.29, 0.717) is 5.56 Å². The van der Waals surface area contributed by atoms with Crippen LogP contribution in [0.3, 0.4) is 0 Å². The van der Waals surface area contributed by atoms with Crippen molar-refractivity contribution >= 4 is 33.7 Å². The maximum Gasteiger partial charge on any atom is 0.338 e. The van der Waals surface area contributed by atoms with Crippen LogP contribution in [0, 0.1) is 0 Å². The highest BCUT2D eigenvalue weighted by molar-refractivity contribution is 6.13. The van der Waals surface area contributed by atoms with Gasteiger partial charge in [0.25, 0.3) is 0 Å². The number of aromatic nitrogens is 3. The van der Waals surface area contributed by atoms with E-state index >= 15 is 0 Å². The number of imidazole rings is 1. The topological polar surface area (TPSA) is 77.0 Å². The van der Waals surface area contributed by atoms with Crippen molar-refractivity contribution in [1.29, 1.82) is 0 Å². The molecule has 5 aromatic rings. The number of aromatic amines is 1. The van der Waals surface area contributed by atoms with Crippen LogP contribution in [0.2, 0.25) is 0 Å². The number of esters is 1. The van der Waals surface area contributed by atoms with Crippen molar-refractivity contribution in [2.24, 2.45) is 0 Å². The van der Waals surface area contributed by atoms with Crippen molar-refractivity contribution < 1.29 is 14.3 Å². The van der Waals surface area contributed by atoms with Gasteiger partial charge < -0.3 is 9.72 Å². The van der Waals surface area contributed by atoms with Gasteiger partial charge in [0, 0.05) is 28.7 Å². The van der Waals surface area contributed by atoms with E-state index in [1.807, 2.05) is 48.5 Å². The zero-order valence-electron chi connectivity index (χ0n) is 16.6. The lowest BCUT2D eigenvalue weighted by Crippen LogP contribution is -2.15. The normalized spacial score (nSPS) is 11.1. The zero-order valence-corrected chi connectivity index (χ0v) is 16.6. The number of para-hydroxylation sites is 2. The smallest absolute Gasteiger partial charge is 0.338 e. The van der Waals surface area contributed by atoms with Crippen LogP contribution in [0.4, 0.5) is 0 Å². The monoisotopic (exact) mass is 409 g/mol. The summed E-state index contributed by atoms with van der Waals surface area (Å²) >= 11 is 0. The third kappa shape index (κ3) is 3.48. The van der Waals surface area contributed by atoms with Gasteiger partial charge in [-0.1, -0.05) is 48.5 Å². The average Bonchev–Trinajstić information content (AvgIpc) is 3.46. The van der Waals surface area contributed by atoms with Crippen molar-refractivity contribution in [1.82, 2.24) is 14.5 Å². The molecule has 2 aromatic heterocycles. The van der Waals surface area contributed by atoms with Crippen molar-refractivity contribution in [2.75, 3.05) is 6.61 Å². The van der Waals surface area contributed by atoms with Crippen molar-refractivity contribution in [2.45, 2.75) is 6.42 Å². The van der Waals surface area contributed by atoms with Crippen molar-refractivity contribution in [3.05, 3.63) is 90.8 Å². The summed E-state index contributed by atoms with van der Waals surface area (Å²) in [5.41, 5.74) is 3.02. The van der Waals surface area contributed by atoms with E-state index in [2.05, 4.69) is 9.97 Å². The summed E-state index contributed by atoms with van der Waals surface area (Å²) in [7, 11) is 0. The first-order chi connectivity index (χ1) is 15.2. The molecule has 152 valence electrons. The summed E-state index contributed by atoms with van der Waals surface area (Å²) in [6.45, 7) is 0.0123. The van der Waals surface area contributed by atoms with E-state index in [0.717, 1.165) is 33.2 Å². The number of nitrogens with zero attached hydrogens (tertiary/aromatic N) is 2. The molecular formula is C25H19N3O3. The summed E-state index contributed by atoms with van der Waals surface area (Å²) in [5, 5.41) is 2.06. The van der Waals surface area contributed by atoms with Crippen LogP contribution in [0.1, 0.15) is 21.6 Å². The molecule has 2 heterocycles. The lowest BCUT2D eigenvalue weighted by Gasteiger charge is -2.08. The largest absolute Gasteiger partial charge is 0.462 e. The molecule has 0 aliphatic heterocycles. The molecule has 0 saturated heterocycles. The first-order valence-corrected chi connectivity index (χ1v) is 10.0. The number of carbonyl (C=O) groups is 2. The molecule has 31 heavy (non-hydrogen) atoms. The summed E-state index contributed by atoms with van der Waals surface area (Å²) in [6.07, 6.45) is 3.51. The lowest BCUT2D eigenvalue weighted by molar-refractivity contribution is 0.0490. The first-order valence-electron chi connectivity index (χ1n) is 10.0. The number of benzene rings is 3. The Morgan fingerprint density at radius 2 is 1.52 bits per heavy atom. The third-order valence-electron chi connectivity index (χ3n) is 5.27. The fourth-order valence-corrected chi connectivity index (χ4v) is 3.80. The van der Waals surface area contributed by atoms with Gasteiger partial charge in [-0.3, -0.25) is 9.36 Å². The molecule has 0 amide bonds. The Hall–Kier alpha value is -4.19. The fourth-order valence-electron chi connectivity index (χ4n) is 3.80. The molecule has 0 radical (unpaired) electrons. The predicted octanol–water partition coefficient (Wildman–Crippen LogP) is 5.07. The molecular weight excluding hydrogens is 390 g/mol. The molecule has 3 aromatic carbocycles. The third-order valence-corrected chi connectivity index (χ3v) is 5.27. The van der Waals surface area contributed by atoms with Crippen molar-refractivity contribution in [3.8, 4) is 11.4 Å². The second-order valence-corrected chi connectivity index (χ2v) is 7.16. The minimum Gasteiger partial charge on any atom is -0.462 e. The Balaban J connectivity index is 1.28. The van der Waals surface area contributed by atoms with Crippen LogP contribution in [-0.2, 0) is 4.74 Å². The first kappa shape index (κ1) is 18.8. The van der Waals surface area contributed by atoms with Crippen LogP contribution in [0.15, 0.2) is 85.2 Å². The molecule has 5 rings (SSSR count). The number of H-pyrrole nitrogens is 1. The molecule has 0 unspecified atom stereocenters. The molecule has 0 bridgehead atoms. The molecule has 6 nitrogen and oxygen atoms in total. The van der Waals surface area contributed by atoms with Gasteiger partial charge in [-0.05, 0) is 24.3 Å². The summed E-state index contributed by atoms with van der Waals surface area (Å²) in [4.78, 5) is 32.6. The van der Waals surface area contributed by atoms with Gasteiger partial charge in [0.15, 0.2) is 0 Å². The lowest BCUT2D eigenvalue weighted by atomic mass is 10.1. The van der Waals surface area contributed by atoms with Crippen LogP contribution in [0.25, 0.3) is 33.2 Å². The van der Waals surface area contributed by atoms with Gasteiger partial charge in [0.05, 0.1) is 23.0 Å². The number of rotatable bonds is 5. The van der Waals surface area contributed by atoms with Gasteiger partial charge in [-0.2, -0.15) is 0 Å². The van der Waals surface area contributed by atoms with Gasteiger partial charge in [-0.15, -0.1) is 0 Å². The molecule has 0 spiro atoms. The van der Waals surface area contributed by atoms with Crippen LogP contribution in [0.5, 0.6) is 0 Å². The Morgan fingerprint density at radius 1 is 0.871 bits per heavy atom. The van der Waals surface area contributed by atoms with E-state index in [1.54, 1.807) is 41.2 Å². The highest BCUT2D eigenvalue weighted by Crippen LogP contribution is 2.28. The quantitative estimate of drug-likeness (QED) is 0.411. The molecule has 0 aliphatic carbocycles. The molecule has 0 saturated carbocycles. The van der Waals surface area contributed by atoms with Gasteiger partial charge >= 0.3 is 5.97 Å². The second kappa shape index (κ2) is 7.91. The minimum atomic E-state index is -0.457. The van der Waals surface area contributed by atoms with Crippen LogP contribution >= 0.6 is 0 Å². The molecule has 1 N–H and O–H groups in total. The molecule has 6 heteroatoms. The average molecular weight is 409 g/mol. The number of hydrogen-bond acceptors (Lipinski definition) is 4. The zero-order chi connectivity index (χ0) is 21.2. The predicted molar refractivity (Wildman–Crippen MR) is 119 cm³/mol. The Bertz CT molecular complexity index is 1330. The fraction of sp³-hybridized carbons (Fsp3) is 0.0800. The van der Waals surface area contributed by atoms with Gasteiger partial charge in [-0.25, -0.2) is 9.78 Å². The van der Waals surface area contributed by atoms with E-state index in [1.165, 1.54) is 0 Å². The van der Waals surface area contributed by atoms with Crippen LogP contribution < -0.4 is 0 Å². The highest BCUT2D eigenvalue weighted by Gasteiger charge is 2.16. The standard InChI is InChI=1S/C25H19N3O3/c29-23(28-21-7-3-1-5-19(21)20-6-2-4-8-22(20)28)13-16-31-25(30)18-11-9-17(10-12-18)24-26-14-15-27-24/h1-12,14-15H,13,16H2,(H,26,27). The number of hydrogen-bond donors (Lipinski definition) is 1. The Kier molecular flexibility index (Phi) is 4.80. The number of fused-ring (bicyclic) bond motifs is 3. The van der Waals surface area contributed by atoms with Gasteiger partial charge in [0.2, 0.25) is 5.91 Å². The summed E-state index contributed by atoms with van der Waals surface area (Å²) < 4.78 is 7.06. The minimum absolute atomic E-state index is 0.0123. The molecule has 0 fully saturated rings. The molecule has 0 atom stereocenters. The van der Waals surface area contributed by atoms with E-state index in [-0.39, 0.29) is 18.9 Å². The van der Waals surface area contributed by atoms with E-state index < -0.39 is 5.97 Å². The molecule has 0 aliphatic rings. The Morgan fingerprint density at radius 3 is 2.13 bits per heavy atom. The number of ether oxygens (including phenoxy) is 1. The Labute approximate surface area is 178 Å². The summed E-state index contributed by atoms with van der Waals surface area (Å²) in [5.74, 6) is 0.163. The summed E-state index contributed by atoms with van der Waals surface area (Å²) in [6, 6.07) is 22.6.